The molecule has 0 radical (unpaired) electrons. The third kappa shape index (κ3) is 2.76. The van der Waals surface area contributed by atoms with Crippen LogP contribution in [0.15, 0.2) is 27.8 Å². The molecule has 0 bridgehead atoms. The molecule has 0 atom stereocenters. The van der Waals surface area contributed by atoms with Crippen LogP contribution in [0.2, 0.25) is 0 Å². The normalized spacial score (nSPS) is 10.4. The summed E-state index contributed by atoms with van der Waals surface area (Å²) in [7, 11) is 0. The summed E-state index contributed by atoms with van der Waals surface area (Å²) in [6, 6.07) is 4.65. The maximum absolute atomic E-state index is 11.7. The summed E-state index contributed by atoms with van der Waals surface area (Å²) in [4.78, 5) is 49.8. The number of benzene rings is 1. The van der Waals surface area contributed by atoms with Crippen LogP contribution in [-0.4, -0.2) is 21.7 Å². The van der Waals surface area contributed by atoms with Gasteiger partial charge in [0.05, 0.1) is 23.0 Å². The van der Waals surface area contributed by atoms with E-state index in [0.29, 0.717) is 5.52 Å². The number of aromatic amines is 2. The number of nitrogens with one attached hydrogen (secondary N) is 3. The maximum Gasteiger partial charge on any atom is 0.326 e. The zero-order valence-corrected chi connectivity index (χ0v) is 10.1. The van der Waals surface area contributed by atoms with Crippen LogP contribution in [0.4, 0.5) is 5.69 Å². The van der Waals surface area contributed by atoms with Crippen LogP contribution in [0, 0.1) is 0 Å². The second-order valence-electron chi connectivity index (χ2n) is 4.06. The van der Waals surface area contributed by atoms with Crippen LogP contribution in [0.3, 0.4) is 0 Å². The van der Waals surface area contributed by atoms with E-state index in [1.54, 1.807) is 12.1 Å². The smallest absolute Gasteiger partial charge is 0.325 e. The number of hydrogen-bond acceptors (Lipinski definition) is 4. The fourth-order valence-electron chi connectivity index (χ4n) is 1.74. The van der Waals surface area contributed by atoms with Crippen molar-refractivity contribution in [2.45, 2.75) is 13.3 Å². The molecule has 1 aromatic heterocycles. The average Bonchev–Trinajstić information content (AvgIpc) is 2.26. The van der Waals surface area contributed by atoms with Crippen molar-refractivity contribution >= 4 is 28.3 Å². The van der Waals surface area contributed by atoms with E-state index in [4.69, 9.17) is 0 Å². The van der Waals surface area contributed by atoms with E-state index in [-0.39, 0.29) is 23.3 Å². The molecule has 0 spiro atoms. The van der Waals surface area contributed by atoms with Crippen LogP contribution in [-0.2, 0) is 9.59 Å². The minimum absolute atomic E-state index is 0.166. The highest BCUT2D eigenvalue weighted by Gasteiger charge is 2.10. The second kappa shape index (κ2) is 4.89. The molecule has 1 heterocycles. The van der Waals surface area contributed by atoms with Gasteiger partial charge in [-0.3, -0.25) is 19.4 Å². The van der Waals surface area contributed by atoms with E-state index in [1.807, 2.05) is 0 Å². The first kappa shape index (κ1) is 12.7. The standard InChI is InChI=1S/C12H11N3O4/c1-6(16)5-9(17)13-7-3-2-4-8-10(7)11(18)15-12(19)14-8/h2-4H,5H2,1H3,(H,13,17)(H2,14,15,18,19). The first-order chi connectivity index (χ1) is 8.97. The Morgan fingerprint density at radius 2 is 1.95 bits per heavy atom. The lowest BCUT2D eigenvalue weighted by Crippen LogP contribution is -2.23. The molecule has 0 aliphatic heterocycles. The summed E-state index contributed by atoms with van der Waals surface area (Å²) in [6.07, 6.45) is -0.266. The number of fused-ring (bicyclic) bond motifs is 1. The molecule has 0 aliphatic carbocycles. The van der Waals surface area contributed by atoms with Crippen molar-refractivity contribution in [2.24, 2.45) is 0 Å². The molecule has 3 N–H and O–H groups in total. The minimum Gasteiger partial charge on any atom is -0.325 e. The number of carbonyl (C=O) groups excluding carboxylic acids is 2. The van der Waals surface area contributed by atoms with Gasteiger partial charge in [0.15, 0.2) is 0 Å². The lowest BCUT2D eigenvalue weighted by molar-refractivity contribution is -0.124. The van der Waals surface area contributed by atoms with Crippen molar-refractivity contribution in [3.63, 3.8) is 0 Å². The molecule has 1 amide bonds. The number of amides is 1. The lowest BCUT2D eigenvalue weighted by Gasteiger charge is -2.06. The van der Waals surface area contributed by atoms with Gasteiger partial charge in [-0.15, -0.1) is 0 Å². The van der Waals surface area contributed by atoms with Crippen molar-refractivity contribution in [3.05, 3.63) is 39.0 Å². The third-order valence-corrected chi connectivity index (χ3v) is 2.45. The van der Waals surface area contributed by atoms with Crippen molar-refractivity contribution in [1.29, 1.82) is 0 Å². The molecular formula is C12H11N3O4. The predicted molar refractivity (Wildman–Crippen MR) is 69.1 cm³/mol. The van der Waals surface area contributed by atoms with E-state index in [0.717, 1.165) is 0 Å². The van der Waals surface area contributed by atoms with Gasteiger partial charge in [0.1, 0.15) is 5.78 Å². The second-order valence-corrected chi connectivity index (χ2v) is 4.06. The van der Waals surface area contributed by atoms with Crippen LogP contribution in [0.25, 0.3) is 10.9 Å². The highest BCUT2D eigenvalue weighted by atomic mass is 16.2. The largest absolute Gasteiger partial charge is 0.326 e. The van der Waals surface area contributed by atoms with Crippen LogP contribution in [0.5, 0.6) is 0 Å². The van der Waals surface area contributed by atoms with Gasteiger partial charge < -0.3 is 10.3 Å². The first-order valence-corrected chi connectivity index (χ1v) is 5.52. The van der Waals surface area contributed by atoms with Crippen molar-refractivity contribution in [2.75, 3.05) is 5.32 Å². The minimum atomic E-state index is -0.621. The van der Waals surface area contributed by atoms with Crippen molar-refractivity contribution in [3.8, 4) is 0 Å². The van der Waals surface area contributed by atoms with Crippen molar-refractivity contribution in [1.82, 2.24) is 9.97 Å². The fourth-order valence-corrected chi connectivity index (χ4v) is 1.74. The van der Waals surface area contributed by atoms with E-state index in [2.05, 4.69) is 15.3 Å². The van der Waals surface area contributed by atoms with E-state index in [9.17, 15) is 19.2 Å². The van der Waals surface area contributed by atoms with E-state index in [1.165, 1.54) is 13.0 Å². The highest BCUT2D eigenvalue weighted by Crippen LogP contribution is 2.17. The average molecular weight is 261 g/mol. The summed E-state index contributed by atoms with van der Waals surface area (Å²) in [5.41, 5.74) is -0.655. The molecule has 0 saturated carbocycles. The molecule has 0 unspecified atom stereocenters. The number of aromatic nitrogens is 2. The van der Waals surface area contributed by atoms with Crippen LogP contribution < -0.4 is 16.6 Å². The number of carbonyl (C=O) groups is 2. The SMILES string of the molecule is CC(=O)CC(=O)Nc1cccc2[nH]c(=O)[nH]c(=O)c12. The van der Waals surface area contributed by atoms with Crippen LogP contribution >= 0.6 is 0 Å². The number of hydrogen-bond donors (Lipinski definition) is 3. The Morgan fingerprint density at radius 1 is 1.21 bits per heavy atom. The Balaban J connectivity index is 2.50. The zero-order valence-electron chi connectivity index (χ0n) is 10.1. The monoisotopic (exact) mass is 261 g/mol. The van der Waals surface area contributed by atoms with Gasteiger partial charge in [-0.25, -0.2) is 4.79 Å². The molecule has 7 heteroatoms. The van der Waals surface area contributed by atoms with Gasteiger partial charge in [-0.2, -0.15) is 0 Å². The van der Waals surface area contributed by atoms with E-state index < -0.39 is 17.2 Å². The molecule has 0 fully saturated rings. The number of Topliss-reactive ketones (excluding diaryl/α,β-unsaturated/α-hetero) is 1. The fraction of sp³-hybridized carbons (Fsp3) is 0.167. The Morgan fingerprint density at radius 3 is 2.63 bits per heavy atom. The molecule has 1 aromatic carbocycles. The molecule has 19 heavy (non-hydrogen) atoms. The molecule has 2 rings (SSSR count). The quantitative estimate of drug-likeness (QED) is 0.682. The Hall–Kier alpha value is -2.70. The lowest BCUT2D eigenvalue weighted by atomic mass is 10.2. The molecule has 2 aromatic rings. The van der Waals surface area contributed by atoms with Crippen molar-refractivity contribution < 1.29 is 9.59 Å². The van der Waals surface area contributed by atoms with Gasteiger partial charge in [0, 0.05) is 0 Å². The van der Waals surface area contributed by atoms with Gasteiger partial charge >= 0.3 is 5.69 Å². The number of ketones is 1. The summed E-state index contributed by atoms with van der Waals surface area (Å²) in [5, 5.41) is 2.64. The summed E-state index contributed by atoms with van der Waals surface area (Å²) in [6.45, 7) is 1.30. The first-order valence-electron chi connectivity index (χ1n) is 5.52. The summed E-state index contributed by atoms with van der Waals surface area (Å²) >= 11 is 0. The number of anilines is 1. The highest BCUT2D eigenvalue weighted by molar-refractivity contribution is 6.07. The molecule has 98 valence electrons. The molecule has 0 saturated heterocycles. The zero-order chi connectivity index (χ0) is 14.0. The summed E-state index contributed by atoms with van der Waals surface area (Å²) in [5.74, 6) is -0.786. The predicted octanol–water partition coefficient (Wildman–Crippen LogP) is 0.134. The molecule has 7 nitrogen and oxygen atoms in total. The number of rotatable bonds is 3. The third-order valence-electron chi connectivity index (χ3n) is 2.45. The molecular weight excluding hydrogens is 250 g/mol. The van der Waals surface area contributed by atoms with Gasteiger partial charge in [0.25, 0.3) is 5.56 Å². The maximum atomic E-state index is 11.7. The Kier molecular flexibility index (Phi) is 3.28. The number of H-pyrrole nitrogens is 2. The Bertz CT molecular complexity index is 772. The Labute approximate surface area is 106 Å². The van der Waals surface area contributed by atoms with Gasteiger partial charge in [0.2, 0.25) is 5.91 Å². The van der Waals surface area contributed by atoms with Crippen LogP contribution in [0.1, 0.15) is 13.3 Å². The molecule has 0 aliphatic rings. The topological polar surface area (TPSA) is 112 Å². The van der Waals surface area contributed by atoms with Gasteiger partial charge in [-0.05, 0) is 19.1 Å². The van der Waals surface area contributed by atoms with Gasteiger partial charge in [-0.1, -0.05) is 6.07 Å². The summed E-state index contributed by atoms with van der Waals surface area (Å²) < 4.78 is 0. The van der Waals surface area contributed by atoms with E-state index >= 15 is 0 Å².